The van der Waals surface area contributed by atoms with Crippen molar-refractivity contribution in [2.24, 2.45) is 16.9 Å². The lowest BCUT2D eigenvalue weighted by Gasteiger charge is -2.30. The van der Waals surface area contributed by atoms with E-state index in [0.717, 1.165) is 41.7 Å². The molecule has 0 bridgehead atoms. The molecule has 10 nitrogen and oxygen atoms in total. The zero-order chi connectivity index (χ0) is 32.8. The van der Waals surface area contributed by atoms with Crippen LogP contribution in [0.4, 0.5) is 0 Å². The van der Waals surface area contributed by atoms with Crippen molar-refractivity contribution in [2.75, 3.05) is 19.8 Å². The minimum atomic E-state index is -1.44. The summed E-state index contributed by atoms with van der Waals surface area (Å²) in [5.41, 5.74) is 4.45. The number of allylic oxidation sites excluding steroid dienone is 3. The van der Waals surface area contributed by atoms with Crippen LogP contribution >= 0.6 is 0 Å². The smallest absolute Gasteiger partial charge is 0.337 e. The van der Waals surface area contributed by atoms with Gasteiger partial charge < -0.3 is 19.5 Å². The lowest BCUT2D eigenvalue weighted by atomic mass is 9.77. The first-order chi connectivity index (χ1) is 22.2. The van der Waals surface area contributed by atoms with Crippen LogP contribution in [-0.2, 0) is 33.4 Å². The summed E-state index contributed by atoms with van der Waals surface area (Å²) in [6.45, 7) is 5.98. The molecule has 0 aromatic heterocycles. The van der Waals surface area contributed by atoms with Crippen molar-refractivity contribution in [3.63, 3.8) is 0 Å². The molecule has 2 aliphatic heterocycles. The van der Waals surface area contributed by atoms with Crippen LogP contribution in [0.2, 0.25) is 0 Å². The van der Waals surface area contributed by atoms with E-state index in [-0.39, 0.29) is 36.3 Å². The summed E-state index contributed by atoms with van der Waals surface area (Å²) in [5.74, 6) is -4.47. The molecule has 10 heteroatoms. The standard InChI is InChI=1S/C36H39N3O7/c1-5-44-34(41)29-22(3)37-23(4)30(35(42)45-6-2)31(29)36(43)46-21-28(40)39-33(25-16-11-8-12-17-25)27-19-13-18-26(32(27)38-39)20-24-14-9-7-10-15-24/h7-12,14-17,20,27,31,33,37H,5-6,13,18-19,21H2,1-4H3. The number of rotatable bonds is 9. The molecule has 1 aliphatic carbocycles. The molecule has 2 atom stereocenters. The van der Waals surface area contributed by atoms with Crippen molar-refractivity contribution in [3.8, 4) is 0 Å². The first-order valence-electron chi connectivity index (χ1n) is 15.7. The van der Waals surface area contributed by atoms with Gasteiger partial charge in [-0.15, -0.1) is 0 Å². The SMILES string of the molecule is CCOC(=O)C1=C(C)NC(C)=C(C(=O)OCC)C1C(=O)OCC(=O)N1N=C2C(=Cc3ccccc3)CCCC2C1c1ccccc1. The number of hydrazone groups is 1. The molecular formula is C36H39N3O7. The summed E-state index contributed by atoms with van der Waals surface area (Å²) in [4.78, 5) is 53.7. The summed E-state index contributed by atoms with van der Waals surface area (Å²) in [7, 11) is 0. The number of amides is 1. The second-order valence-corrected chi connectivity index (χ2v) is 11.3. The normalized spacial score (nSPS) is 20.6. The number of benzene rings is 2. The third-order valence-electron chi connectivity index (χ3n) is 8.36. The van der Waals surface area contributed by atoms with E-state index in [1.54, 1.807) is 27.7 Å². The maximum absolute atomic E-state index is 13.9. The number of carbonyl (C=O) groups excluding carboxylic acids is 4. The number of dihydropyridines is 1. The van der Waals surface area contributed by atoms with E-state index in [1.807, 2.05) is 60.7 Å². The molecule has 0 spiro atoms. The molecule has 3 aliphatic rings. The van der Waals surface area contributed by atoms with Gasteiger partial charge in [0, 0.05) is 17.3 Å². The van der Waals surface area contributed by atoms with Gasteiger partial charge in [-0.05, 0) is 69.7 Å². The van der Waals surface area contributed by atoms with Gasteiger partial charge in [-0.3, -0.25) is 9.59 Å². The summed E-state index contributed by atoms with van der Waals surface area (Å²) in [6.07, 6.45) is 4.75. The fourth-order valence-corrected chi connectivity index (χ4v) is 6.41. The highest BCUT2D eigenvalue weighted by Crippen LogP contribution is 2.44. The molecule has 1 saturated carbocycles. The Labute approximate surface area is 268 Å². The van der Waals surface area contributed by atoms with Gasteiger partial charge in [0.2, 0.25) is 0 Å². The Morgan fingerprint density at radius 2 is 1.46 bits per heavy atom. The number of carbonyl (C=O) groups is 4. The van der Waals surface area contributed by atoms with Crippen LogP contribution in [0.25, 0.3) is 6.08 Å². The van der Waals surface area contributed by atoms with Crippen LogP contribution in [-0.4, -0.2) is 54.4 Å². The number of esters is 3. The number of ether oxygens (including phenoxy) is 3. The lowest BCUT2D eigenvalue weighted by molar-refractivity contribution is -0.157. The van der Waals surface area contributed by atoms with Gasteiger partial charge in [0.25, 0.3) is 5.91 Å². The van der Waals surface area contributed by atoms with Gasteiger partial charge in [0.05, 0.1) is 36.1 Å². The van der Waals surface area contributed by atoms with Gasteiger partial charge in [-0.2, -0.15) is 5.10 Å². The molecule has 0 saturated heterocycles. The highest BCUT2D eigenvalue weighted by atomic mass is 16.5. The molecular weight excluding hydrogens is 586 g/mol. The van der Waals surface area contributed by atoms with E-state index in [9.17, 15) is 19.2 Å². The highest BCUT2D eigenvalue weighted by Gasteiger charge is 2.45. The number of nitrogens with zero attached hydrogens (tertiary/aromatic N) is 2. The van der Waals surface area contributed by atoms with Crippen LogP contribution < -0.4 is 5.32 Å². The Morgan fingerprint density at radius 1 is 0.870 bits per heavy atom. The molecule has 1 fully saturated rings. The average molecular weight is 626 g/mol. The predicted molar refractivity (Wildman–Crippen MR) is 171 cm³/mol. The Kier molecular flexibility index (Phi) is 10.1. The lowest BCUT2D eigenvalue weighted by Crippen LogP contribution is -2.40. The molecule has 2 heterocycles. The van der Waals surface area contributed by atoms with E-state index in [2.05, 4.69) is 11.4 Å². The zero-order valence-electron chi connectivity index (χ0n) is 26.6. The van der Waals surface area contributed by atoms with Crippen molar-refractivity contribution in [2.45, 2.75) is 53.0 Å². The van der Waals surface area contributed by atoms with Crippen LogP contribution in [0, 0.1) is 11.8 Å². The largest absolute Gasteiger partial charge is 0.463 e. The van der Waals surface area contributed by atoms with Crippen molar-refractivity contribution in [1.29, 1.82) is 0 Å². The Morgan fingerprint density at radius 3 is 2.04 bits per heavy atom. The first kappa shape index (κ1) is 32.4. The Bertz CT molecular complexity index is 1590. The van der Waals surface area contributed by atoms with E-state index in [0.29, 0.717) is 11.4 Å². The Balaban J connectivity index is 1.44. The maximum Gasteiger partial charge on any atom is 0.337 e. The van der Waals surface area contributed by atoms with E-state index in [1.165, 1.54) is 5.01 Å². The summed E-state index contributed by atoms with van der Waals surface area (Å²) in [6, 6.07) is 19.3. The predicted octanol–water partition coefficient (Wildman–Crippen LogP) is 5.25. The van der Waals surface area contributed by atoms with Crippen molar-refractivity contribution >= 4 is 35.6 Å². The van der Waals surface area contributed by atoms with Crippen LogP contribution in [0.15, 0.2) is 93.9 Å². The minimum Gasteiger partial charge on any atom is -0.463 e. The molecule has 1 N–H and O–H groups in total. The maximum atomic E-state index is 13.9. The third-order valence-corrected chi connectivity index (χ3v) is 8.36. The van der Waals surface area contributed by atoms with E-state index >= 15 is 0 Å². The fraction of sp³-hybridized carbons (Fsp3) is 0.361. The summed E-state index contributed by atoms with van der Waals surface area (Å²) in [5, 5.41) is 9.26. The second kappa shape index (κ2) is 14.4. The van der Waals surface area contributed by atoms with Gasteiger partial charge in [-0.25, -0.2) is 14.6 Å². The Hall–Kier alpha value is -4.99. The number of fused-ring (bicyclic) bond motifs is 1. The molecule has 1 amide bonds. The molecule has 2 aromatic carbocycles. The van der Waals surface area contributed by atoms with Crippen LogP contribution in [0.1, 0.15) is 64.1 Å². The third kappa shape index (κ3) is 6.66. The van der Waals surface area contributed by atoms with E-state index in [4.69, 9.17) is 19.3 Å². The molecule has 0 radical (unpaired) electrons. The van der Waals surface area contributed by atoms with Gasteiger partial charge in [0.1, 0.15) is 5.92 Å². The van der Waals surface area contributed by atoms with Gasteiger partial charge in [-0.1, -0.05) is 60.7 Å². The van der Waals surface area contributed by atoms with Crippen molar-refractivity contribution in [1.82, 2.24) is 10.3 Å². The quantitative estimate of drug-likeness (QED) is 0.296. The fourth-order valence-electron chi connectivity index (χ4n) is 6.41. The number of hydrogen-bond acceptors (Lipinski definition) is 9. The van der Waals surface area contributed by atoms with Gasteiger partial charge >= 0.3 is 17.9 Å². The monoisotopic (exact) mass is 625 g/mol. The van der Waals surface area contributed by atoms with Crippen molar-refractivity contribution in [3.05, 3.63) is 99.9 Å². The molecule has 2 aromatic rings. The molecule has 240 valence electrons. The van der Waals surface area contributed by atoms with Gasteiger partial charge in [0.15, 0.2) is 6.61 Å². The summed E-state index contributed by atoms with van der Waals surface area (Å²) >= 11 is 0. The van der Waals surface area contributed by atoms with Crippen LogP contribution in [0.5, 0.6) is 0 Å². The molecule has 46 heavy (non-hydrogen) atoms. The zero-order valence-corrected chi connectivity index (χ0v) is 26.6. The van der Waals surface area contributed by atoms with E-state index < -0.39 is 36.3 Å². The summed E-state index contributed by atoms with van der Waals surface area (Å²) < 4.78 is 16.0. The molecule has 5 rings (SSSR count). The van der Waals surface area contributed by atoms with Crippen LogP contribution in [0.3, 0.4) is 0 Å². The number of hydrogen-bond donors (Lipinski definition) is 1. The molecule has 2 unspecified atom stereocenters. The topological polar surface area (TPSA) is 124 Å². The number of nitrogens with one attached hydrogen (secondary N) is 1. The second-order valence-electron chi connectivity index (χ2n) is 11.3. The van der Waals surface area contributed by atoms with Crippen molar-refractivity contribution < 1.29 is 33.4 Å². The minimum absolute atomic E-state index is 0.0304. The average Bonchev–Trinajstić information content (AvgIpc) is 3.45. The highest BCUT2D eigenvalue weighted by molar-refractivity contribution is 6.08. The first-order valence-corrected chi connectivity index (χ1v) is 15.7.